The maximum atomic E-state index is 13.0. The molecule has 0 saturated heterocycles. The number of hydrogen-bond donors (Lipinski definition) is 3. The number of fused-ring (bicyclic) bond motifs is 1. The third-order valence-corrected chi connectivity index (χ3v) is 6.24. The van der Waals surface area contributed by atoms with Crippen molar-refractivity contribution in [2.75, 3.05) is 10.6 Å². The van der Waals surface area contributed by atoms with Crippen LogP contribution >= 0.6 is 0 Å². The summed E-state index contributed by atoms with van der Waals surface area (Å²) in [5.41, 5.74) is 6.14. The molecule has 1 aliphatic heterocycles. The topological polar surface area (TPSA) is 112 Å². The smallest absolute Gasteiger partial charge is 0.326 e. The van der Waals surface area contributed by atoms with Crippen LogP contribution in [0.5, 0.6) is 0 Å². The molecule has 3 amide bonds. The van der Waals surface area contributed by atoms with Gasteiger partial charge in [0.05, 0.1) is 17.6 Å². The summed E-state index contributed by atoms with van der Waals surface area (Å²) in [6, 6.07) is 13.4. The van der Waals surface area contributed by atoms with Gasteiger partial charge in [-0.3, -0.25) is 9.78 Å². The van der Waals surface area contributed by atoms with Crippen LogP contribution in [0, 0.1) is 19.8 Å². The van der Waals surface area contributed by atoms with Crippen molar-refractivity contribution in [3.05, 3.63) is 77.0 Å². The Bertz CT molecular complexity index is 1300. The van der Waals surface area contributed by atoms with Gasteiger partial charge in [0.1, 0.15) is 6.04 Å². The molecule has 8 heteroatoms. The number of nitrogens with one attached hydrogen (secondary N) is 2. The third kappa shape index (κ3) is 5.01. The molecule has 1 unspecified atom stereocenters. The van der Waals surface area contributed by atoms with Gasteiger partial charge in [-0.15, -0.1) is 0 Å². The lowest BCUT2D eigenvalue weighted by molar-refractivity contribution is -0.144. The summed E-state index contributed by atoms with van der Waals surface area (Å²) in [5.74, 6) is -1.50. The van der Waals surface area contributed by atoms with E-state index in [9.17, 15) is 19.5 Å². The van der Waals surface area contributed by atoms with E-state index in [0.29, 0.717) is 22.6 Å². The van der Waals surface area contributed by atoms with Crippen LogP contribution in [0.4, 0.5) is 16.2 Å². The molecule has 0 radical (unpaired) electrons. The number of aliphatic carboxylic acids is 1. The first-order chi connectivity index (χ1) is 16.6. The van der Waals surface area contributed by atoms with Crippen molar-refractivity contribution < 1.29 is 19.5 Å². The predicted octanol–water partition coefficient (Wildman–Crippen LogP) is 5.07. The van der Waals surface area contributed by atoms with Gasteiger partial charge in [-0.2, -0.15) is 0 Å². The molecule has 35 heavy (non-hydrogen) atoms. The quantitative estimate of drug-likeness (QED) is 0.464. The van der Waals surface area contributed by atoms with Crippen LogP contribution in [0.1, 0.15) is 40.9 Å². The van der Waals surface area contributed by atoms with Crippen LogP contribution in [-0.4, -0.2) is 38.9 Å². The number of carboxylic acids is 1. The molecule has 1 aliphatic rings. The van der Waals surface area contributed by atoms with E-state index in [4.69, 9.17) is 0 Å². The molecule has 180 valence electrons. The summed E-state index contributed by atoms with van der Waals surface area (Å²) in [5, 5.41) is 15.2. The zero-order valence-electron chi connectivity index (χ0n) is 20.1. The van der Waals surface area contributed by atoms with Crippen molar-refractivity contribution in [1.29, 1.82) is 0 Å². The summed E-state index contributed by atoms with van der Waals surface area (Å²) < 4.78 is 0. The molecular formula is C27H28N4O4. The van der Waals surface area contributed by atoms with E-state index in [1.54, 1.807) is 38.2 Å². The Labute approximate surface area is 204 Å². The fourth-order valence-electron chi connectivity index (χ4n) is 4.24. The van der Waals surface area contributed by atoms with Gasteiger partial charge in [-0.1, -0.05) is 32.0 Å². The highest BCUT2D eigenvalue weighted by Crippen LogP contribution is 2.31. The Hall–Kier alpha value is -4.20. The average molecular weight is 473 g/mol. The largest absolute Gasteiger partial charge is 0.480 e. The maximum Gasteiger partial charge on any atom is 0.326 e. The molecular weight excluding hydrogens is 444 g/mol. The second kappa shape index (κ2) is 9.58. The van der Waals surface area contributed by atoms with E-state index < -0.39 is 12.0 Å². The molecule has 1 aromatic heterocycles. The zero-order valence-corrected chi connectivity index (χ0v) is 20.1. The number of carbonyl (C=O) groups is 3. The highest BCUT2D eigenvalue weighted by atomic mass is 16.4. The van der Waals surface area contributed by atoms with E-state index in [1.165, 1.54) is 4.90 Å². The first-order valence-electron chi connectivity index (χ1n) is 11.4. The van der Waals surface area contributed by atoms with Gasteiger partial charge in [0.15, 0.2) is 0 Å². The number of aromatic nitrogens is 1. The number of carbonyl (C=O) groups excluding carboxylic acids is 2. The number of carboxylic acid groups (broad SMARTS) is 1. The molecule has 0 bridgehead atoms. The summed E-state index contributed by atoms with van der Waals surface area (Å²) in [6.07, 6.45) is 1.55. The second-order valence-corrected chi connectivity index (χ2v) is 9.14. The first-order valence-corrected chi connectivity index (χ1v) is 11.4. The fraction of sp³-hybridized carbons (Fsp3) is 0.259. The number of hydrogen-bond acceptors (Lipinski definition) is 4. The number of rotatable bonds is 6. The molecule has 8 nitrogen and oxygen atoms in total. The summed E-state index contributed by atoms with van der Waals surface area (Å²) in [4.78, 5) is 42.9. The molecule has 0 fully saturated rings. The number of urea groups is 1. The predicted molar refractivity (Wildman–Crippen MR) is 134 cm³/mol. The number of benzene rings is 2. The van der Waals surface area contributed by atoms with Gasteiger partial charge < -0.3 is 20.6 Å². The lowest BCUT2D eigenvalue weighted by Gasteiger charge is -2.27. The van der Waals surface area contributed by atoms with Gasteiger partial charge in [0, 0.05) is 23.4 Å². The number of amides is 3. The van der Waals surface area contributed by atoms with Crippen LogP contribution in [0.2, 0.25) is 0 Å². The lowest BCUT2D eigenvalue weighted by Crippen LogP contribution is -2.44. The van der Waals surface area contributed by atoms with Crippen molar-refractivity contribution in [3.8, 4) is 11.3 Å². The molecule has 0 spiro atoms. The van der Waals surface area contributed by atoms with Gasteiger partial charge in [0.2, 0.25) is 0 Å². The van der Waals surface area contributed by atoms with Crippen molar-refractivity contribution in [2.45, 2.75) is 40.3 Å². The third-order valence-electron chi connectivity index (χ3n) is 6.24. The highest BCUT2D eigenvalue weighted by Gasteiger charge is 2.38. The molecule has 0 aliphatic carbocycles. The van der Waals surface area contributed by atoms with Crippen molar-refractivity contribution >= 4 is 29.3 Å². The fourth-order valence-corrected chi connectivity index (χ4v) is 4.24. The minimum Gasteiger partial charge on any atom is -0.480 e. The van der Waals surface area contributed by atoms with E-state index in [2.05, 4.69) is 15.6 Å². The maximum absolute atomic E-state index is 13.0. The lowest BCUT2D eigenvalue weighted by atomic mass is 10.0. The average Bonchev–Trinajstić information content (AvgIpc) is 3.11. The Morgan fingerprint density at radius 1 is 0.971 bits per heavy atom. The van der Waals surface area contributed by atoms with Crippen molar-refractivity contribution in [1.82, 2.24) is 9.88 Å². The van der Waals surface area contributed by atoms with E-state index in [0.717, 1.165) is 22.3 Å². The Kier molecular flexibility index (Phi) is 6.55. The summed E-state index contributed by atoms with van der Waals surface area (Å²) in [7, 11) is 0. The number of anilines is 2. The minimum absolute atomic E-state index is 0.209. The zero-order chi connectivity index (χ0) is 25.3. The molecule has 2 heterocycles. The molecule has 3 aromatic rings. The van der Waals surface area contributed by atoms with Gasteiger partial charge in [-0.25, -0.2) is 9.59 Å². The van der Waals surface area contributed by atoms with Crippen LogP contribution in [-0.2, 0) is 11.3 Å². The Morgan fingerprint density at radius 3 is 2.31 bits per heavy atom. The SMILES string of the molecule is Cc1ccc(NC(=O)Nc2ccc(-c3ccc4c(c3)C(=O)N(C(C(=O)O)C(C)C)C4)nc2)cc1C. The number of aryl methyl sites for hydroxylation is 2. The number of nitrogens with zero attached hydrogens (tertiary/aromatic N) is 2. The normalized spacial score (nSPS) is 13.5. The van der Waals surface area contributed by atoms with E-state index >= 15 is 0 Å². The minimum atomic E-state index is -1.01. The van der Waals surface area contributed by atoms with Crippen molar-refractivity contribution in [2.24, 2.45) is 5.92 Å². The molecule has 0 saturated carbocycles. The summed E-state index contributed by atoms with van der Waals surface area (Å²) in [6.45, 7) is 7.86. The van der Waals surface area contributed by atoms with Crippen LogP contribution in [0.3, 0.4) is 0 Å². The Morgan fingerprint density at radius 2 is 1.69 bits per heavy atom. The standard InChI is InChI=1S/C27H28N4O4/c1-15(2)24(26(33)34)31-14-19-7-6-18(12-22(19)25(31)32)23-10-9-21(13-28-23)30-27(35)29-20-8-5-16(3)17(4)11-20/h5-13,15,24H,14H2,1-4H3,(H,33,34)(H2,29,30,35). The van der Waals surface area contributed by atoms with Gasteiger partial charge >= 0.3 is 12.0 Å². The van der Waals surface area contributed by atoms with Crippen LogP contribution < -0.4 is 10.6 Å². The van der Waals surface area contributed by atoms with E-state index in [-0.39, 0.29) is 24.4 Å². The van der Waals surface area contributed by atoms with Crippen molar-refractivity contribution in [3.63, 3.8) is 0 Å². The molecule has 3 N–H and O–H groups in total. The molecule has 2 aromatic carbocycles. The summed E-state index contributed by atoms with van der Waals surface area (Å²) >= 11 is 0. The monoisotopic (exact) mass is 472 g/mol. The highest BCUT2D eigenvalue weighted by molar-refractivity contribution is 6.02. The molecule has 4 rings (SSSR count). The Balaban J connectivity index is 1.46. The second-order valence-electron chi connectivity index (χ2n) is 9.14. The molecule has 1 atom stereocenters. The van der Waals surface area contributed by atoms with Gasteiger partial charge in [0.25, 0.3) is 5.91 Å². The van der Waals surface area contributed by atoms with Crippen LogP contribution in [0.25, 0.3) is 11.3 Å². The number of pyridine rings is 1. The first kappa shape index (κ1) is 23.9. The van der Waals surface area contributed by atoms with E-state index in [1.807, 2.05) is 44.2 Å². The van der Waals surface area contributed by atoms with Gasteiger partial charge in [-0.05, 0) is 66.8 Å². The van der Waals surface area contributed by atoms with Crippen LogP contribution in [0.15, 0.2) is 54.7 Å².